The largest absolute Gasteiger partial charge is 0.389 e. The highest BCUT2D eigenvalue weighted by Gasteiger charge is 2.08. The first kappa shape index (κ1) is 10.6. The fraction of sp³-hybridized carbons (Fsp3) is 0.417. The molecule has 1 aromatic heterocycles. The molecule has 0 aliphatic heterocycles. The number of aliphatic hydroxyl groups is 1. The maximum atomic E-state index is 9.06. The second kappa shape index (κ2) is 4.29. The maximum absolute atomic E-state index is 9.06. The summed E-state index contributed by atoms with van der Waals surface area (Å²) < 4.78 is 1.23. The zero-order chi connectivity index (χ0) is 10.8. The second-order valence-corrected chi connectivity index (χ2v) is 5.21. The van der Waals surface area contributed by atoms with E-state index >= 15 is 0 Å². The van der Waals surface area contributed by atoms with Crippen LogP contribution in [0.2, 0.25) is 0 Å². The van der Waals surface area contributed by atoms with Crippen LogP contribution in [0.4, 0.5) is 0 Å². The molecule has 0 fully saturated rings. The van der Waals surface area contributed by atoms with Gasteiger partial charge in [0, 0.05) is 0 Å². The van der Waals surface area contributed by atoms with E-state index in [0.29, 0.717) is 5.92 Å². The third-order valence-corrected chi connectivity index (χ3v) is 3.44. The zero-order valence-corrected chi connectivity index (χ0v) is 9.84. The number of fused-ring (bicyclic) bond motifs is 1. The number of hydrogen-bond donors (Lipinski definition) is 1. The lowest BCUT2D eigenvalue weighted by molar-refractivity contribution is 0.281. The van der Waals surface area contributed by atoms with Gasteiger partial charge in [-0.1, -0.05) is 26.0 Å². The number of aromatic nitrogens is 1. The Balaban J connectivity index is 2.49. The Morgan fingerprint density at radius 2 is 2.20 bits per heavy atom. The van der Waals surface area contributed by atoms with Gasteiger partial charge in [-0.2, -0.15) is 0 Å². The molecule has 2 nitrogen and oxygen atoms in total. The molecule has 0 aliphatic rings. The van der Waals surface area contributed by atoms with Crippen molar-refractivity contribution in [1.82, 2.24) is 4.98 Å². The molecular weight excluding hydrogens is 206 g/mol. The number of nitrogens with zero attached hydrogens (tertiary/aromatic N) is 1. The van der Waals surface area contributed by atoms with Gasteiger partial charge in [-0.3, -0.25) is 0 Å². The molecule has 3 heteroatoms. The first-order chi connectivity index (χ1) is 7.20. The number of benzene rings is 1. The Bertz CT molecular complexity index is 462. The summed E-state index contributed by atoms with van der Waals surface area (Å²) in [6, 6.07) is 6.21. The average molecular weight is 221 g/mol. The van der Waals surface area contributed by atoms with Crippen LogP contribution in [0.15, 0.2) is 18.2 Å². The predicted molar refractivity (Wildman–Crippen MR) is 64.1 cm³/mol. The summed E-state index contributed by atoms with van der Waals surface area (Å²) in [4.78, 5) is 4.37. The summed E-state index contributed by atoms with van der Waals surface area (Å²) in [5.74, 6) is 0.648. The third-order valence-electron chi connectivity index (χ3n) is 2.30. The van der Waals surface area contributed by atoms with Crippen LogP contribution in [0.1, 0.15) is 24.4 Å². The van der Waals surface area contributed by atoms with Gasteiger partial charge in [0.1, 0.15) is 5.01 Å². The van der Waals surface area contributed by atoms with E-state index in [1.54, 1.807) is 11.3 Å². The first-order valence-electron chi connectivity index (χ1n) is 5.19. The Kier molecular flexibility index (Phi) is 3.03. The molecule has 0 atom stereocenters. The van der Waals surface area contributed by atoms with E-state index in [9.17, 15) is 0 Å². The molecule has 0 spiro atoms. The number of thiazole rings is 1. The molecule has 0 radical (unpaired) electrons. The van der Waals surface area contributed by atoms with Crippen LogP contribution >= 0.6 is 11.3 Å². The van der Waals surface area contributed by atoms with E-state index in [1.807, 2.05) is 12.1 Å². The summed E-state index contributed by atoms with van der Waals surface area (Å²) in [6.07, 6.45) is 1.07. The SMILES string of the molecule is CC(C)Cc1cccc2nc(CO)sc12. The van der Waals surface area contributed by atoms with Crippen molar-refractivity contribution in [2.24, 2.45) is 5.92 Å². The smallest absolute Gasteiger partial charge is 0.119 e. The Morgan fingerprint density at radius 1 is 1.40 bits per heavy atom. The standard InChI is InChI=1S/C12H15NOS/c1-8(2)6-9-4-3-5-10-12(9)15-11(7-14)13-10/h3-5,8,14H,6-7H2,1-2H3. The van der Waals surface area contributed by atoms with E-state index in [1.165, 1.54) is 10.3 Å². The lowest BCUT2D eigenvalue weighted by Gasteiger charge is -2.04. The van der Waals surface area contributed by atoms with Gasteiger partial charge in [0.2, 0.25) is 0 Å². The molecule has 2 rings (SSSR count). The second-order valence-electron chi connectivity index (χ2n) is 4.13. The lowest BCUT2D eigenvalue weighted by Crippen LogP contribution is -1.93. The van der Waals surface area contributed by atoms with Crippen molar-refractivity contribution in [2.45, 2.75) is 26.9 Å². The topological polar surface area (TPSA) is 33.1 Å². The van der Waals surface area contributed by atoms with Crippen LogP contribution in [0.5, 0.6) is 0 Å². The van der Waals surface area contributed by atoms with Gasteiger partial charge >= 0.3 is 0 Å². The molecule has 15 heavy (non-hydrogen) atoms. The van der Waals surface area contributed by atoms with Crippen molar-refractivity contribution in [3.63, 3.8) is 0 Å². The van der Waals surface area contributed by atoms with Crippen LogP contribution in [0.25, 0.3) is 10.2 Å². The fourth-order valence-electron chi connectivity index (χ4n) is 1.72. The summed E-state index contributed by atoms with van der Waals surface area (Å²) in [7, 11) is 0. The minimum atomic E-state index is 0.0421. The molecule has 1 heterocycles. The van der Waals surface area contributed by atoms with Crippen LogP contribution in [-0.4, -0.2) is 10.1 Å². The van der Waals surface area contributed by atoms with Gasteiger partial charge in [0.05, 0.1) is 16.8 Å². The van der Waals surface area contributed by atoms with E-state index in [0.717, 1.165) is 16.9 Å². The highest BCUT2D eigenvalue weighted by atomic mass is 32.1. The van der Waals surface area contributed by atoms with E-state index in [4.69, 9.17) is 5.11 Å². The molecule has 0 bridgehead atoms. The Labute approximate surface area is 93.6 Å². The van der Waals surface area contributed by atoms with Gasteiger partial charge in [-0.05, 0) is 24.0 Å². The predicted octanol–water partition coefficient (Wildman–Crippen LogP) is 2.99. The Morgan fingerprint density at radius 3 is 2.87 bits per heavy atom. The molecule has 80 valence electrons. The van der Waals surface area contributed by atoms with Crippen molar-refractivity contribution in [1.29, 1.82) is 0 Å². The molecule has 0 amide bonds. The molecule has 1 N–H and O–H groups in total. The number of rotatable bonds is 3. The quantitative estimate of drug-likeness (QED) is 0.864. The first-order valence-corrected chi connectivity index (χ1v) is 6.00. The maximum Gasteiger partial charge on any atom is 0.119 e. The van der Waals surface area contributed by atoms with E-state index in [-0.39, 0.29) is 6.61 Å². The van der Waals surface area contributed by atoms with Crippen molar-refractivity contribution in [3.05, 3.63) is 28.8 Å². The van der Waals surface area contributed by atoms with Crippen molar-refractivity contribution in [3.8, 4) is 0 Å². The van der Waals surface area contributed by atoms with Crippen molar-refractivity contribution >= 4 is 21.6 Å². The molecule has 1 aromatic carbocycles. The van der Waals surface area contributed by atoms with Crippen molar-refractivity contribution in [2.75, 3.05) is 0 Å². The molecule has 0 aliphatic carbocycles. The van der Waals surface area contributed by atoms with Gasteiger partial charge in [0.25, 0.3) is 0 Å². The van der Waals surface area contributed by atoms with Crippen LogP contribution in [-0.2, 0) is 13.0 Å². The van der Waals surface area contributed by atoms with E-state index < -0.39 is 0 Å². The highest BCUT2D eigenvalue weighted by molar-refractivity contribution is 7.18. The van der Waals surface area contributed by atoms with Gasteiger partial charge in [0.15, 0.2) is 0 Å². The monoisotopic (exact) mass is 221 g/mol. The van der Waals surface area contributed by atoms with Crippen LogP contribution in [0, 0.1) is 5.92 Å². The minimum absolute atomic E-state index is 0.0421. The van der Waals surface area contributed by atoms with Gasteiger partial charge in [-0.25, -0.2) is 4.98 Å². The normalized spacial score (nSPS) is 11.5. The summed E-state index contributed by atoms with van der Waals surface area (Å²) >= 11 is 1.60. The summed E-state index contributed by atoms with van der Waals surface area (Å²) in [5.41, 5.74) is 2.36. The van der Waals surface area contributed by atoms with Gasteiger partial charge in [-0.15, -0.1) is 11.3 Å². The number of aliphatic hydroxyl groups excluding tert-OH is 1. The van der Waals surface area contributed by atoms with E-state index in [2.05, 4.69) is 24.9 Å². The van der Waals surface area contributed by atoms with Crippen LogP contribution in [0.3, 0.4) is 0 Å². The molecule has 0 saturated carbocycles. The molecular formula is C12H15NOS. The summed E-state index contributed by atoms with van der Waals surface area (Å²) in [5, 5.41) is 9.87. The van der Waals surface area contributed by atoms with Gasteiger partial charge < -0.3 is 5.11 Å². The molecule has 0 unspecified atom stereocenters. The molecule has 0 saturated heterocycles. The lowest BCUT2D eigenvalue weighted by atomic mass is 10.0. The average Bonchev–Trinajstić information content (AvgIpc) is 2.61. The van der Waals surface area contributed by atoms with Crippen molar-refractivity contribution < 1.29 is 5.11 Å². The fourth-order valence-corrected chi connectivity index (χ4v) is 2.67. The highest BCUT2D eigenvalue weighted by Crippen LogP contribution is 2.27. The third kappa shape index (κ3) is 2.19. The number of hydrogen-bond acceptors (Lipinski definition) is 3. The summed E-state index contributed by atoms with van der Waals surface area (Å²) in [6.45, 7) is 4.47. The minimum Gasteiger partial charge on any atom is -0.389 e. The molecule has 2 aromatic rings. The Hall–Kier alpha value is -0.930. The zero-order valence-electron chi connectivity index (χ0n) is 9.03. The van der Waals surface area contributed by atoms with Crippen LogP contribution < -0.4 is 0 Å².